The fraction of sp³-hybridized carbons (Fsp3) is 0.188. The molecule has 0 saturated heterocycles. The highest BCUT2D eigenvalue weighted by atomic mass is 32.1. The van der Waals surface area contributed by atoms with Crippen LogP contribution >= 0.6 is 11.3 Å². The minimum atomic E-state index is -5.13. The van der Waals surface area contributed by atoms with E-state index < -0.39 is 74.2 Å². The number of amides is 1. The average molecular weight is 457 g/mol. The monoisotopic (exact) mass is 457 g/mol. The van der Waals surface area contributed by atoms with E-state index in [2.05, 4.69) is 4.98 Å². The van der Waals surface area contributed by atoms with Crippen LogP contribution in [0.2, 0.25) is 0 Å². The predicted molar refractivity (Wildman–Crippen MR) is 87.0 cm³/mol. The van der Waals surface area contributed by atoms with Crippen molar-refractivity contribution in [1.29, 1.82) is 0 Å². The third kappa shape index (κ3) is 3.62. The van der Waals surface area contributed by atoms with Gasteiger partial charge in [0.2, 0.25) is 5.82 Å². The zero-order valence-electron chi connectivity index (χ0n) is 14.2. The average Bonchev–Trinajstić information content (AvgIpc) is 3.00. The minimum Gasteiger partial charge on any atom is -0.364 e. The molecule has 1 amide bonds. The Morgan fingerprint density at radius 1 is 1.07 bits per heavy atom. The van der Waals surface area contributed by atoms with E-state index in [4.69, 9.17) is 5.73 Å². The van der Waals surface area contributed by atoms with E-state index in [1.165, 1.54) is 0 Å². The maximum Gasteiger partial charge on any atom is 0.427 e. The fourth-order valence-electron chi connectivity index (χ4n) is 2.68. The van der Waals surface area contributed by atoms with E-state index in [1.54, 1.807) is 0 Å². The Kier molecular flexibility index (Phi) is 5.08. The molecule has 3 aromatic rings. The number of primary amides is 1. The Bertz CT molecular complexity index is 1230. The molecule has 0 aliphatic carbocycles. The molecule has 0 radical (unpaired) electrons. The van der Waals surface area contributed by atoms with Gasteiger partial charge in [0.05, 0.1) is 11.3 Å². The van der Waals surface area contributed by atoms with Crippen LogP contribution < -0.4 is 11.3 Å². The molecule has 0 fully saturated rings. The summed E-state index contributed by atoms with van der Waals surface area (Å²) in [6.07, 6.45) is -11.1. The number of alkyl halides is 6. The van der Waals surface area contributed by atoms with Gasteiger partial charge in [0, 0.05) is 6.42 Å². The molecule has 0 spiro atoms. The summed E-state index contributed by atoms with van der Waals surface area (Å²) in [5.41, 5.74) is -1.43. The SMILES string of the molecule is NC(=O)c1c(C(F)(F)F)sc2nc(Cc3cccc(C(F)(F)F)c3F)c(F)c(=O)n12. The van der Waals surface area contributed by atoms with E-state index in [-0.39, 0.29) is 15.7 Å². The second-order valence-electron chi connectivity index (χ2n) is 5.89. The van der Waals surface area contributed by atoms with Gasteiger partial charge in [-0.2, -0.15) is 30.7 Å². The third-order valence-electron chi connectivity index (χ3n) is 3.93. The maximum atomic E-state index is 14.5. The second kappa shape index (κ2) is 7.04. The van der Waals surface area contributed by atoms with Crippen LogP contribution in [0, 0.1) is 11.6 Å². The first kappa shape index (κ1) is 21.7. The standard InChI is InChI=1S/C16H7F8N3O2S/c17-8-5(2-1-3-6(8)15(19,20)21)4-7-9(18)13(29)27-10(12(25)28)11(16(22,23)24)30-14(27)26-7/h1-3H,4H2,(H2,25,28). The van der Waals surface area contributed by atoms with Crippen LogP contribution in [-0.2, 0) is 18.8 Å². The lowest BCUT2D eigenvalue weighted by atomic mass is 10.0. The van der Waals surface area contributed by atoms with Gasteiger partial charge in [0.1, 0.15) is 16.4 Å². The van der Waals surface area contributed by atoms with E-state index in [0.717, 1.165) is 12.1 Å². The van der Waals surface area contributed by atoms with Crippen LogP contribution in [0.3, 0.4) is 0 Å². The molecular weight excluding hydrogens is 450 g/mol. The van der Waals surface area contributed by atoms with E-state index in [0.29, 0.717) is 6.07 Å². The molecule has 160 valence electrons. The second-order valence-corrected chi connectivity index (χ2v) is 6.87. The number of aromatic nitrogens is 2. The van der Waals surface area contributed by atoms with Crippen molar-refractivity contribution in [1.82, 2.24) is 9.38 Å². The van der Waals surface area contributed by atoms with Crippen LogP contribution in [-0.4, -0.2) is 15.3 Å². The quantitative estimate of drug-likeness (QED) is 0.609. The lowest BCUT2D eigenvalue weighted by molar-refractivity contribution is -0.140. The molecule has 1 aromatic carbocycles. The molecule has 2 heterocycles. The molecule has 30 heavy (non-hydrogen) atoms. The first-order chi connectivity index (χ1) is 13.7. The van der Waals surface area contributed by atoms with Gasteiger partial charge < -0.3 is 5.73 Å². The highest BCUT2D eigenvalue weighted by molar-refractivity contribution is 7.17. The summed E-state index contributed by atoms with van der Waals surface area (Å²) in [7, 11) is 0. The molecule has 0 saturated carbocycles. The predicted octanol–water partition coefficient (Wildman–Crippen LogP) is 3.76. The maximum absolute atomic E-state index is 14.5. The summed E-state index contributed by atoms with van der Waals surface area (Å²) >= 11 is -0.196. The Morgan fingerprint density at radius 2 is 1.70 bits per heavy atom. The number of rotatable bonds is 3. The Hall–Kier alpha value is -3.03. The molecule has 0 aliphatic heterocycles. The molecule has 0 aliphatic rings. The lowest BCUT2D eigenvalue weighted by Gasteiger charge is -2.11. The molecule has 14 heteroatoms. The van der Waals surface area contributed by atoms with Crippen molar-refractivity contribution in [2.45, 2.75) is 18.8 Å². The summed E-state index contributed by atoms with van der Waals surface area (Å²) in [6.45, 7) is 0. The number of carbonyl (C=O) groups is 1. The Morgan fingerprint density at radius 3 is 2.23 bits per heavy atom. The van der Waals surface area contributed by atoms with Gasteiger partial charge in [0.15, 0.2) is 4.96 Å². The number of thiazole rings is 1. The van der Waals surface area contributed by atoms with Crippen molar-refractivity contribution < 1.29 is 39.9 Å². The number of nitrogens with two attached hydrogens (primary N) is 1. The highest BCUT2D eigenvalue weighted by Crippen LogP contribution is 2.37. The summed E-state index contributed by atoms with van der Waals surface area (Å²) in [5, 5.41) is 0. The summed E-state index contributed by atoms with van der Waals surface area (Å²) in [5.74, 6) is -5.18. The number of benzene rings is 1. The van der Waals surface area contributed by atoms with Crippen LogP contribution in [0.4, 0.5) is 35.1 Å². The van der Waals surface area contributed by atoms with Crippen molar-refractivity contribution in [2.75, 3.05) is 0 Å². The van der Waals surface area contributed by atoms with Crippen molar-refractivity contribution in [3.63, 3.8) is 0 Å². The van der Waals surface area contributed by atoms with Gasteiger partial charge in [-0.1, -0.05) is 23.5 Å². The zero-order chi connectivity index (χ0) is 22.6. The fourth-order valence-corrected chi connectivity index (χ4v) is 3.68. The van der Waals surface area contributed by atoms with Crippen molar-refractivity contribution in [3.8, 4) is 0 Å². The van der Waals surface area contributed by atoms with Crippen molar-refractivity contribution in [2.24, 2.45) is 5.73 Å². The van der Waals surface area contributed by atoms with E-state index >= 15 is 0 Å². The summed E-state index contributed by atoms with van der Waals surface area (Å²) in [4.78, 5) is 24.7. The topological polar surface area (TPSA) is 77.5 Å². The number of nitrogens with zero attached hydrogens (tertiary/aromatic N) is 2. The van der Waals surface area contributed by atoms with Gasteiger partial charge in [0.25, 0.3) is 11.5 Å². The minimum absolute atomic E-state index is 0.0250. The van der Waals surface area contributed by atoms with Gasteiger partial charge in [-0.05, 0) is 11.6 Å². The lowest BCUT2D eigenvalue weighted by Crippen LogP contribution is -2.27. The molecule has 2 N–H and O–H groups in total. The Balaban J connectivity index is 2.22. The molecular formula is C16H7F8N3O2S. The van der Waals surface area contributed by atoms with E-state index in [9.17, 15) is 44.7 Å². The molecule has 0 unspecified atom stereocenters. The molecule has 0 bridgehead atoms. The first-order valence-electron chi connectivity index (χ1n) is 7.69. The smallest absolute Gasteiger partial charge is 0.364 e. The zero-order valence-corrected chi connectivity index (χ0v) is 15.0. The Labute approximate surface area is 164 Å². The summed E-state index contributed by atoms with van der Waals surface area (Å²) < 4.78 is 107. The third-order valence-corrected chi connectivity index (χ3v) is 5.02. The van der Waals surface area contributed by atoms with Gasteiger partial charge in [-0.3, -0.25) is 9.59 Å². The number of hydrogen-bond acceptors (Lipinski definition) is 4. The number of halogens is 8. The molecule has 5 nitrogen and oxygen atoms in total. The molecule has 2 aromatic heterocycles. The highest BCUT2D eigenvalue weighted by Gasteiger charge is 2.40. The van der Waals surface area contributed by atoms with Crippen LogP contribution in [0.25, 0.3) is 4.96 Å². The molecule has 0 atom stereocenters. The summed E-state index contributed by atoms with van der Waals surface area (Å²) in [6, 6.07) is 2.15. The van der Waals surface area contributed by atoms with Gasteiger partial charge >= 0.3 is 12.4 Å². The van der Waals surface area contributed by atoms with Gasteiger partial charge in [-0.25, -0.2) is 13.8 Å². The first-order valence-corrected chi connectivity index (χ1v) is 8.50. The van der Waals surface area contributed by atoms with Crippen molar-refractivity contribution in [3.05, 3.63) is 67.6 Å². The van der Waals surface area contributed by atoms with Crippen LogP contribution in [0.5, 0.6) is 0 Å². The molecule has 3 rings (SSSR count). The number of fused-ring (bicyclic) bond motifs is 1. The largest absolute Gasteiger partial charge is 0.427 e. The van der Waals surface area contributed by atoms with Crippen LogP contribution in [0.1, 0.15) is 32.2 Å². The van der Waals surface area contributed by atoms with Gasteiger partial charge in [-0.15, -0.1) is 0 Å². The number of hydrogen-bond donors (Lipinski definition) is 1. The normalized spacial score (nSPS) is 12.5. The van der Waals surface area contributed by atoms with Crippen LogP contribution in [0.15, 0.2) is 23.0 Å². The van der Waals surface area contributed by atoms with Crippen molar-refractivity contribution >= 4 is 22.2 Å². The van der Waals surface area contributed by atoms with E-state index in [1.807, 2.05) is 0 Å². The number of carbonyl (C=O) groups excluding carboxylic acids is 1.